The molecule has 2 saturated carbocycles. The zero-order chi connectivity index (χ0) is 14.1. The first kappa shape index (κ1) is 15.1. The lowest BCUT2D eigenvalue weighted by atomic mass is 9.48. The molecule has 3 unspecified atom stereocenters. The molecule has 2 aliphatic carbocycles. The van der Waals surface area contributed by atoms with E-state index in [1.807, 2.05) is 0 Å². The van der Waals surface area contributed by atoms with Gasteiger partial charge in [0.2, 0.25) is 0 Å². The van der Waals surface area contributed by atoms with Gasteiger partial charge in [0.25, 0.3) is 0 Å². The molecular formula is C19H34. The SMILES string of the molecule is C=C[C@H](C)CCC1CCCC2C(C)(C)CCCC12C. The summed E-state index contributed by atoms with van der Waals surface area (Å²) in [6.45, 7) is 14.0. The third-order valence-corrected chi connectivity index (χ3v) is 6.63. The quantitative estimate of drug-likeness (QED) is 0.527. The van der Waals surface area contributed by atoms with Crippen molar-refractivity contribution in [2.45, 2.75) is 79.1 Å². The van der Waals surface area contributed by atoms with Crippen molar-refractivity contribution in [1.82, 2.24) is 0 Å². The van der Waals surface area contributed by atoms with Gasteiger partial charge in [-0.3, -0.25) is 0 Å². The molecular weight excluding hydrogens is 228 g/mol. The minimum absolute atomic E-state index is 0.579. The Balaban J connectivity index is 2.09. The van der Waals surface area contributed by atoms with Crippen molar-refractivity contribution >= 4 is 0 Å². The van der Waals surface area contributed by atoms with Crippen LogP contribution in [0.2, 0.25) is 0 Å². The molecule has 2 aliphatic rings. The predicted molar refractivity (Wildman–Crippen MR) is 85.2 cm³/mol. The van der Waals surface area contributed by atoms with Crippen LogP contribution in [-0.4, -0.2) is 0 Å². The van der Waals surface area contributed by atoms with Crippen LogP contribution in [0.3, 0.4) is 0 Å². The average Bonchev–Trinajstić information content (AvgIpc) is 2.35. The lowest BCUT2D eigenvalue weighted by Crippen LogP contribution is -2.48. The van der Waals surface area contributed by atoms with Gasteiger partial charge in [-0.25, -0.2) is 0 Å². The number of hydrogen-bond donors (Lipinski definition) is 0. The number of fused-ring (bicyclic) bond motifs is 1. The number of rotatable bonds is 4. The van der Waals surface area contributed by atoms with E-state index in [4.69, 9.17) is 0 Å². The zero-order valence-corrected chi connectivity index (χ0v) is 13.7. The molecule has 4 atom stereocenters. The smallest absolute Gasteiger partial charge is 0.0264 e. The average molecular weight is 262 g/mol. The van der Waals surface area contributed by atoms with Crippen LogP contribution in [0.25, 0.3) is 0 Å². The molecule has 0 radical (unpaired) electrons. The first-order valence-electron chi connectivity index (χ1n) is 8.53. The fraction of sp³-hybridized carbons (Fsp3) is 0.895. The summed E-state index contributed by atoms with van der Waals surface area (Å²) in [4.78, 5) is 0. The molecule has 110 valence electrons. The first-order valence-corrected chi connectivity index (χ1v) is 8.53. The Labute approximate surface area is 121 Å². The zero-order valence-electron chi connectivity index (χ0n) is 13.7. The molecule has 0 N–H and O–H groups in total. The topological polar surface area (TPSA) is 0 Å². The lowest BCUT2D eigenvalue weighted by molar-refractivity contribution is -0.0758. The van der Waals surface area contributed by atoms with Gasteiger partial charge in [0.05, 0.1) is 0 Å². The Morgan fingerprint density at radius 3 is 2.58 bits per heavy atom. The highest BCUT2D eigenvalue weighted by Gasteiger charge is 2.51. The van der Waals surface area contributed by atoms with E-state index in [1.54, 1.807) is 0 Å². The van der Waals surface area contributed by atoms with Crippen LogP contribution in [0, 0.1) is 28.6 Å². The third-order valence-electron chi connectivity index (χ3n) is 6.63. The van der Waals surface area contributed by atoms with Crippen LogP contribution in [0.15, 0.2) is 12.7 Å². The van der Waals surface area contributed by atoms with E-state index >= 15 is 0 Å². The second-order valence-corrected chi connectivity index (χ2v) is 8.32. The van der Waals surface area contributed by atoms with Crippen LogP contribution < -0.4 is 0 Å². The summed E-state index contributed by atoms with van der Waals surface area (Å²) in [5.41, 5.74) is 1.20. The normalized spacial score (nSPS) is 39.4. The summed E-state index contributed by atoms with van der Waals surface area (Å²) in [5, 5.41) is 0. The van der Waals surface area contributed by atoms with Gasteiger partial charge in [0, 0.05) is 0 Å². The molecule has 0 aromatic heterocycles. The Hall–Kier alpha value is -0.260. The van der Waals surface area contributed by atoms with Gasteiger partial charge in [-0.2, -0.15) is 0 Å². The molecule has 0 aliphatic heterocycles. The summed E-state index contributed by atoms with van der Waals surface area (Å²) >= 11 is 0. The highest BCUT2D eigenvalue weighted by Crippen LogP contribution is 2.60. The van der Waals surface area contributed by atoms with Crippen molar-refractivity contribution in [1.29, 1.82) is 0 Å². The lowest BCUT2D eigenvalue weighted by Gasteiger charge is -2.57. The third kappa shape index (κ3) is 2.93. The molecule has 0 heterocycles. The minimum atomic E-state index is 0.579. The van der Waals surface area contributed by atoms with Crippen molar-refractivity contribution in [2.24, 2.45) is 28.6 Å². The highest BCUT2D eigenvalue weighted by atomic mass is 14.6. The van der Waals surface area contributed by atoms with Crippen molar-refractivity contribution in [2.75, 3.05) is 0 Å². The Bertz CT molecular complexity index is 314. The van der Waals surface area contributed by atoms with Crippen molar-refractivity contribution < 1.29 is 0 Å². The standard InChI is InChI=1S/C19H34/c1-6-15(2)11-12-16-9-7-10-17-18(3,4)13-8-14-19(16,17)5/h6,15-17H,1,7-14H2,2-5H3/t15-,16?,17?,19?/m0/s1. The van der Waals surface area contributed by atoms with Gasteiger partial charge in [0.1, 0.15) is 0 Å². The van der Waals surface area contributed by atoms with Gasteiger partial charge in [-0.15, -0.1) is 6.58 Å². The van der Waals surface area contributed by atoms with E-state index in [-0.39, 0.29) is 0 Å². The van der Waals surface area contributed by atoms with Crippen LogP contribution >= 0.6 is 0 Å². The van der Waals surface area contributed by atoms with Crippen molar-refractivity contribution in [3.05, 3.63) is 12.7 Å². The number of allylic oxidation sites excluding steroid dienone is 1. The van der Waals surface area contributed by atoms with Gasteiger partial charge in [-0.1, -0.05) is 46.6 Å². The summed E-state index contributed by atoms with van der Waals surface area (Å²) in [6, 6.07) is 0. The van der Waals surface area contributed by atoms with Gasteiger partial charge in [0.15, 0.2) is 0 Å². The highest BCUT2D eigenvalue weighted by molar-refractivity contribution is 5.01. The Kier molecular flexibility index (Phi) is 4.48. The first-order chi connectivity index (χ1) is 8.90. The van der Waals surface area contributed by atoms with E-state index in [0.717, 1.165) is 11.8 Å². The predicted octanol–water partition coefficient (Wildman–Crippen LogP) is 6.22. The van der Waals surface area contributed by atoms with E-state index < -0.39 is 0 Å². The maximum Gasteiger partial charge on any atom is -0.0264 e. The van der Waals surface area contributed by atoms with Crippen LogP contribution in [-0.2, 0) is 0 Å². The maximum atomic E-state index is 3.95. The molecule has 2 fully saturated rings. The molecule has 2 rings (SSSR count). The molecule has 0 nitrogen and oxygen atoms in total. The largest absolute Gasteiger partial charge is 0.103 e. The maximum absolute atomic E-state index is 3.95. The summed E-state index contributed by atoms with van der Waals surface area (Å²) < 4.78 is 0. The number of hydrogen-bond acceptors (Lipinski definition) is 0. The van der Waals surface area contributed by atoms with Crippen LogP contribution in [0.1, 0.15) is 79.1 Å². The second kappa shape index (κ2) is 5.62. The molecule has 0 saturated heterocycles. The Morgan fingerprint density at radius 1 is 1.16 bits per heavy atom. The molecule has 0 bridgehead atoms. The van der Waals surface area contributed by atoms with Crippen LogP contribution in [0.5, 0.6) is 0 Å². The van der Waals surface area contributed by atoms with E-state index in [9.17, 15) is 0 Å². The Morgan fingerprint density at radius 2 is 1.89 bits per heavy atom. The van der Waals surface area contributed by atoms with E-state index in [1.165, 1.54) is 51.4 Å². The van der Waals surface area contributed by atoms with E-state index in [2.05, 4.69) is 40.3 Å². The molecule has 0 amide bonds. The molecule has 0 heteroatoms. The summed E-state index contributed by atoms with van der Waals surface area (Å²) in [6.07, 6.45) is 13.7. The molecule has 0 spiro atoms. The molecule has 0 aromatic carbocycles. The van der Waals surface area contributed by atoms with Gasteiger partial charge in [-0.05, 0) is 67.1 Å². The van der Waals surface area contributed by atoms with E-state index in [0.29, 0.717) is 16.7 Å². The van der Waals surface area contributed by atoms with Crippen molar-refractivity contribution in [3.63, 3.8) is 0 Å². The van der Waals surface area contributed by atoms with Gasteiger partial charge < -0.3 is 0 Å². The van der Waals surface area contributed by atoms with Gasteiger partial charge >= 0.3 is 0 Å². The summed E-state index contributed by atoms with van der Waals surface area (Å²) in [7, 11) is 0. The fourth-order valence-electron chi connectivity index (χ4n) is 5.33. The van der Waals surface area contributed by atoms with Crippen LogP contribution in [0.4, 0.5) is 0 Å². The van der Waals surface area contributed by atoms with Crippen molar-refractivity contribution in [3.8, 4) is 0 Å². The molecule has 0 aromatic rings. The fourth-order valence-corrected chi connectivity index (χ4v) is 5.33. The monoisotopic (exact) mass is 262 g/mol. The second-order valence-electron chi connectivity index (χ2n) is 8.32. The summed E-state index contributed by atoms with van der Waals surface area (Å²) in [5.74, 6) is 2.63. The molecule has 19 heavy (non-hydrogen) atoms. The minimum Gasteiger partial charge on any atom is -0.103 e.